The van der Waals surface area contributed by atoms with Crippen LogP contribution in [0.25, 0.3) is 0 Å². The Labute approximate surface area is 164 Å². The van der Waals surface area contributed by atoms with Crippen LogP contribution in [0.5, 0.6) is 0 Å². The number of hydrogen-bond donors (Lipinski definition) is 2. The van der Waals surface area contributed by atoms with Gasteiger partial charge in [0.2, 0.25) is 0 Å². The molecule has 0 radical (unpaired) electrons. The van der Waals surface area contributed by atoms with Crippen molar-refractivity contribution in [2.45, 2.75) is 31.4 Å². The van der Waals surface area contributed by atoms with Gasteiger partial charge in [-0.3, -0.25) is 0 Å². The number of nitrogens with one attached hydrogen (secondary N) is 2. The lowest BCUT2D eigenvalue weighted by Crippen LogP contribution is -2.51. The smallest absolute Gasteiger partial charge is 0.407 e. The molecular formula is C22H25N3O3. The molecule has 6 heteroatoms. The molecule has 0 aliphatic carbocycles. The van der Waals surface area contributed by atoms with Gasteiger partial charge < -0.3 is 20.3 Å². The number of aryl methyl sites for hydroxylation is 1. The van der Waals surface area contributed by atoms with E-state index < -0.39 is 5.60 Å². The highest BCUT2D eigenvalue weighted by Crippen LogP contribution is 2.30. The molecule has 2 aliphatic rings. The van der Waals surface area contributed by atoms with Gasteiger partial charge in [-0.1, -0.05) is 60.2 Å². The van der Waals surface area contributed by atoms with Gasteiger partial charge in [-0.25, -0.2) is 9.59 Å². The van der Waals surface area contributed by atoms with E-state index in [1.807, 2.05) is 42.2 Å². The van der Waals surface area contributed by atoms with Crippen molar-refractivity contribution in [1.82, 2.24) is 15.5 Å². The van der Waals surface area contributed by atoms with Gasteiger partial charge in [0, 0.05) is 25.9 Å². The fourth-order valence-electron chi connectivity index (χ4n) is 3.88. The molecule has 6 nitrogen and oxygen atoms in total. The minimum absolute atomic E-state index is 0.0958. The van der Waals surface area contributed by atoms with Crippen molar-refractivity contribution >= 4 is 12.1 Å². The number of benzene rings is 2. The molecule has 2 aromatic carbocycles. The number of likely N-dealkylation sites (tertiary alicyclic amines) is 1. The Balaban J connectivity index is 1.47. The predicted octanol–water partition coefficient (Wildman–Crippen LogP) is 3.37. The van der Waals surface area contributed by atoms with Crippen molar-refractivity contribution in [3.63, 3.8) is 0 Å². The third kappa shape index (κ3) is 3.81. The second kappa shape index (κ2) is 7.54. The topological polar surface area (TPSA) is 70.7 Å². The van der Waals surface area contributed by atoms with Crippen molar-refractivity contribution in [2.75, 3.05) is 19.6 Å². The van der Waals surface area contributed by atoms with Crippen LogP contribution in [-0.2, 0) is 4.74 Å². The van der Waals surface area contributed by atoms with Gasteiger partial charge in [0.1, 0.15) is 5.60 Å². The van der Waals surface area contributed by atoms with Gasteiger partial charge in [0.25, 0.3) is 0 Å². The Hall–Kier alpha value is -3.02. The molecule has 3 amide bonds. The van der Waals surface area contributed by atoms with E-state index in [0.29, 0.717) is 32.5 Å². The third-order valence-corrected chi connectivity index (χ3v) is 5.64. The van der Waals surface area contributed by atoms with E-state index in [1.54, 1.807) is 0 Å². The normalized spacial score (nSPS) is 19.0. The van der Waals surface area contributed by atoms with E-state index in [0.717, 1.165) is 11.1 Å². The molecule has 2 fully saturated rings. The number of amides is 3. The number of carbonyl (C=O) groups excluding carboxylic acids is 2. The summed E-state index contributed by atoms with van der Waals surface area (Å²) in [5.41, 5.74) is 2.82. The number of carbonyl (C=O) groups is 2. The van der Waals surface area contributed by atoms with E-state index in [2.05, 4.69) is 34.9 Å². The Kier molecular flexibility index (Phi) is 4.94. The van der Waals surface area contributed by atoms with Gasteiger partial charge in [-0.2, -0.15) is 0 Å². The molecule has 2 heterocycles. The van der Waals surface area contributed by atoms with Gasteiger partial charge in [0.15, 0.2) is 0 Å². The second-order valence-electron chi connectivity index (χ2n) is 7.62. The minimum Gasteiger partial charge on any atom is -0.441 e. The zero-order valence-corrected chi connectivity index (χ0v) is 16.0. The predicted molar refractivity (Wildman–Crippen MR) is 106 cm³/mol. The highest BCUT2D eigenvalue weighted by Gasteiger charge is 2.43. The molecule has 0 bridgehead atoms. The van der Waals surface area contributed by atoms with Gasteiger partial charge in [-0.05, 0) is 18.1 Å². The molecule has 0 aromatic heterocycles. The molecule has 146 valence electrons. The lowest BCUT2D eigenvalue weighted by Gasteiger charge is -2.37. The summed E-state index contributed by atoms with van der Waals surface area (Å²) in [5, 5.41) is 5.91. The first-order chi connectivity index (χ1) is 13.5. The average molecular weight is 379 g/mol. The summed E-state index contributed by atoms with van der Waals surface area (Å²) in [6.07, 6.45) is 0.945. The molecule has 2 aromatic rings. The summed E-state index contributed by atoms with van der Waals surface area (Å²) in [5.74, 6) is 0. The van der Waals surface area contributed by atoms with Gasteiger partial charge in [-0.15, -0.1) is 0 Å². The summed E-state index contributed by atoms with van der Waals surface area (Å²) in [6.45, 7) is 3.71. The molecule has 1 spiro atoms. The van der Waals surface area contributed by atoms with Crippen LogP contribution < -0.4 is 10.6 Å². The largest absolute Gasteiger partial charge is 0.441 e. The average Bonchev–Trinajstić information content (AvgIpc) is 3.08. The molecule has 4 rings (SSSR count). The van der Waals surface area contributed by atoms with Crippen LogP contribution in [0.4, 0.5) is 9.59 Å². The molecule has 2 aliphatic heterocycles. The van der Waals surface area contributed by atoms with Crippen LogP contribution in [0.2, 0.25) is 0 Å². The number of piperidine rings is 1. The third-order valence-electron chi connectivity index (χ3n) is 5.64. The first kappa shape index (κ1) is 18.3. The highest BCUT2D eigenvalue weighted by atomic mass is 16.6. The SMILES string of the molecule is Cc1ccc([C@H](NC(=O)N2CCC3(CC2)CNC(=O)O3)c2ccccc2)cc1. The maximum Gasteiger partial charge on any atom is 0.407 e. The van der Waals surface area contributed by atoms with Crippen LogP contribution in [0.15, 0.2) is 54.6 Å². The zero-order chi connectivity index (χ0) is 19.6. The number of urea groups is 1. The number of alkyl carbamates (subject to hydrolysis) is 1. The maximum atomic E-state index is 13.0. The number of rotatable bonds is 3. The summed E-state index contributed by atoms with van der Waals surface area (Å²) in [6, 6.07) is 17.9. The van der Waals surface area contributed by atoms with Gasteiger partial charge >= 0.3 is 12.1 Å². The van der Waals surface area contributed by atoms with Crippen molar-refractivity contribution in [1.29, 1.82) is 0 Å². The van der Waals surface area contributed by atoms with E-state index in [1.165, 1.54) is 5.56 Å². The molecule has 28 heavy (non-hydrogen) atoms. The molecule has 0 unspecified atom stereocenters. The number of hydrogen-bond acceptors (Lipinski definition) is 3. The summed E-state index contributed by atoms with van der Waals surface area (Å²) in [4.78, 5) is 26.2. The second-order valence-corrected chi connectivity index (χ2v) is 7.62. The summed E-state index contributed by atoms with van der Waals surface area (Å²) in [7, 11) is 0. The van der Waals surface area contributed by atoms with Crippen molar-refractivity contribution in [3.05, 3.63) is 71.3 Å². The Morgan fingerprint density at radius 2 is 1.71 bits per heavy atom. The van der Waals surface area contributed by atoms with Crippen LogP contribution in [-0.4, -0.2) is 42.3 Å². The molecule has 0 saturated carbocycles. The van der Waals surface area contributed by atoms with Crippen LogP contribution in [0, 0.1) is 6.92 Å². The lowest BCUT2D eigenvalue weighted by molar-refractivity contribution is 0.00963. The van der Waals surface area contributed by atoms with Crippen molar-refractivity contribution in [3.8, 4) is 0 Å². The standard InChI is InChI=1S/C22H25N3O3/c1-16-7-9-18(10-8-16)19(17-5-3-2-4-6-17)24-20(26)25-13-11-22(12-14-25)15-23-21(27)28-22/h2-10,19H,11-15H2,1H3,(H,23,27)(H,24,26)/t19-/m1/s1. The number of nitrogens with zero attached hydrogens (tertiary/aromatic N) is 1. The fourth-order valence-corrected chi connectivity index (χ4v) is 3.88. The van der Waals surface area contributed by atoms with Crippen LogP contribution in [0.3, 0.4) is 0 Å². The number of ether oxygens (including phenoxy) is 1. The Morgan fingerprint density at radius 1 is 1.07 bits per heavy atom. The lowest BCUT2D eigenvalue weighted by atomic mass is 9.92. The summed E-state index contributed by atoms with van der Waals surface area (Å²) >= 11 is 0. The van der Waals surface area contributed by atoms with E-state index in [-0.39, 0.29) is 18.2 Å². The quantitative estimate of drug-likeness (QED) is 0.859. The zero-order valence-electron chi connectivity index (χ0n) is 16.0. The Bertz CT molecular complexity index is 843. The Morgan fingerprint density at radius 3 is 2.32 bits per heavy atom. The highest BCUT2D eigenvalue weighted by molar-refractivity contribution is 5.76. The van der Waals surface area contributed by atoms with Crippen LogP contribution >= 0.6 is 0 Å². The van der Waals surface area contributed by atoms with Crippen molar-refractivity contribution in [2.24, 2.45) is 0 Å². The summed E-state index contributed by atoms with van der Waals surface area (Å²) < 4.78 is 5.44. The fraction of sp³-hybridized carbons (Fsp3) is 0.364. The van der Waals surface area contributed by atoms with Crippen molar-refractivity contribution < 1.29 is 14.3 Å². The van der Waals surface area contributed by atoms with Crippen LogP contribution in [0.1, 0.15) is 35.6 Å². The van der Waals surface area contributed by atoms with E-state index in [4.69, 9.17) is 4.74 Å². The molecular weight excluding hydrogens is 354 g/mol. The molecule has 2 saturated heterocycles. The van der Waals surface area contributed by atoms with E-state index >= 15 is 0 Å². The molecule has 2 N–H and O–H groups in total. The molecule has 1 atom stereocenters. The van der Waals surface area contributed by atoms with Gasteiger partial charge in [0.05, 0.1) is 12.6 Å². The first-order valence-electron chi connectivity index (χ1n) is 9.68. The maximum absolute atomic E-state index is 13.0. The first-order valence-corrected chi connectivity index (χ1v) is 9.68. The minimum atomic E-state index is -0.455. The van der Waals surface area contributed by atoms with E-state index in [9.17, 15) is 9.59 Å². The monoisotopic (exact) mass is 379 g/mol.